The van der Waals surface area contributed by atoms with E-state index in [0.29, 0.717) is 0 Å². The Kier molecular flexibility index (Phi) is 4.72. The Morgan fingerprint density at radius 3 is 2.66 bits per heavy atom. The van der Waals surface area contributed by atoms with Gasteiger partial charge in [0.2, 0.25) is 6.23 Å². The molecule has 0 N–H and O–H groups in total. The third kappa shape index (κ3) is 3.28. The minimum absolute atomic E-state index is 0.122. The normalized spacial score (nSPS) is 19.8. The minimum Gasteiger partial charge on any atom is -0.496 e. The number of fused-ring (bicyclic) bond motifs is 3. The number of hydrazone groups is 1. The van der Waals surface area contributed by atoms with E-state index in [1.54, 1.807) is 7.11 Å². The van der Waals surface area contributed by atoms with Crippen molar-refractivity contribution >= 4 is 33.2 Å². The fourth-order valence-electron chi connectivity index (χ4n) is 3.91. The summed E-state index contributed by atoms with van der Waals surface area (Å²) in [6, 6.07) is 22.2. The molecule has 6 heteroatoms. The molecule has 0 aromatic heterocycles. The van der Waals surface area contributed by atoms with E-state index in [1.165, 1.54) is 0 Å². The monoisotopic (exact) mass is 468 g/mol. The Bertz CT molecular complexity index is 1100. The first-order valence-corrected chi connectivity index (χ1v) is 10.5. The lowest BCUT2D eigenvalue weighted by Crippen LogP contribution is -2.33. The predicted octanol–water partition coefficient (Wildman–Crippen LogP) is 6.35. The first-order valence-electron chi connectivity index (χ1n) is 9.35. The van der Waals surface area contributed by atoms with Gasteiger partial charge < -0.3 is 9.47 Å². The molecule has 0 amide bonds. The lowest BCUT2D eigenvalue weighted by Gasteiger charge is -2.38. The Morgan fingerprint density at radius 2 is 1.90 bits per heavy atom. The van der Waals surface area contributed by atoms with E-state index in [-0.39, 0.29) is 12.3 Å². The molecule has 0 saturated carbocycles. The molecule has 0 fully saturated rings. The van der Waals surface area contributed by atoms with Crippen LogP contribution in [0.4, 0.5) is 0 Å². The molecule has 0 bridgehead atoms. The summed E-state index contributed by atoms with van der Waals surface area (Å²) >= 11 is 9.65. The average Bonchev–Trinajstić information content (AvgIpc) is 3.19. The summed E-state index contributed by atoms with van der Waals surface area (Å²) in [5, 5.41) is 7.77. The van der Waals surface area contributed by atoms with E-state index in [1.807, 2.05) is 60.7 Å². The maximum Gasteiger partial charge on any atom is 0.213 e. The number of halogens is 2. The molecule has 0 saturated heterocycles. The minimum atomic E-state index is -0.318. The highest BCUT2D eigenvalue weighted by molar-refractivity contribution is 9.10. The third-order valence-electron chi connectivity index (χ3n) is 5.34. The van der Waals surface area contributed by atoms with Gasteiger partial charge >= 0.3 is 0 Å². The Hall–Kier alpha value is -2.50. The highest BCUT2D eigenvalue weighted by atomic mass is 79.9. The molecule has 2 aliphatic heterocycles. The van der Waals surface area contributed by atoms with Gasteiger partial charge in [-0.25, -0.2) is 5.01 Å². The van der Waals surface area contributed by atoms with E-state index in [9.17, 15) is 0 Å². The Morgan fingerprint density at radius 1 is 1.10 bits per heavy atom. The topological polar surface area (TPSA) is 34.1 Å². The van der Waals surface area contributed by atoms with Crippen LogP contribution >= 0.6 is 27.5 Å². The largest absolute Gasteiger partial charge is 0.496 e. The summed E-state index contributed by atoms with van der Waals surface area (Å²) in [5.74, 6) is 1.69. The number of ether oxygens (including phenoxy) is 2. The molecule has 5 rings (SSSR count). The summed E-state index contributed by atoms with van der Waals surface area (Å²) in [7, 11) is 1.66. The van der Waals surface area contributed by atoms with Crippen LogP contribution < -0.4 is 9.47 Å². The van der Waals surface area contributed by atoms with Gasteiger partial charge in [-0.15, -0.1) is 0 Å². The van der Waals surface area contributed by atoms with Crippen LogP contribution in [0.2, 0.25) is 5.02 Å². The zero-order chi connectivity index (χ0) is 20.0. The highest BCUT2D eigenvalue weighted by Crippen LogP contribution is 2.48. The molecule has 0 radical (unpaired) electrons. The summed E-state index contributed by atoms with van der Waals surface area (Å²) in [5.41, 5.74) is 4.28. The molecule has 2 atom stereocenters. The molecular formula is C23H18BrClN2O2. The van der Waals surface area contributed by atoms with Crippen molar-refractivity contribution in [2.24, 2.45) is 5.10 Å². The summed E-state index contributed by atoms with van der Waals surface area (Å²) in [4.78, 5) is 0. The molecule has 146 valence electrons. The summed E-state index contributed by atoms with van der Waals surface area (Å²) in [6.45, 7) is 0. The number of methoxy groups -OCH3 is 1. The molecule has 0 aliphatic carbocycles. The van der Waals surface area contributed by atoms with Gasteiger partial charge in [-0.1, -0.05) is 41.9 Å². The van der Waals surface area contributed by atoms with Crippen molar-refractivity contribution in [2.75, 3.05) is 7.11 Å². The van der Waals surface area contributed by atoms with Crippen molar-refractivity contribution in [1.82, 2.24) is 5.01 Å². The fourth-order valence-corrected chi connectivity index (χ4v) is 4.59. The quantitative estimate of drug-likeness (QED) is 0.448. The second-order valence-electron chi connectivity index (χ2n) is 7.06. The standard InChI is InChI=1S/C23H18BrClN2O2/c1-28-22-11-8-15(12-18(22)24)23-27-20(17-4-2-3-5-21(17)29-23)13-19(26-27)14-6-9-16(25)10-7-14/h2-12,20,23H,13H2,1H3/t20-,23+/m0/s1. The van der Waals surface area contributed by atoms with Gasteiger partial charge in [-0.2, -0.15) is 5.10 Å². The summed E-state index contributed by atoms with van der Waals surface area (Å²) in [6.07, 6.45) is 0.498. The van der Waals surface area contributed by atoms with Crippen LogP contribution in [-0.2, 0) is 0 Å². The van der Waals surface area contributed by atoms with Crippen LogP contribution in [0.5, 0.6) is 11.5 Å². The predicted molar refractivity (Wildman–Crippen MR) is 118 cm³/mol. The van der Waals surface area contributed by atoms with Gasteiger partial charge in [0, 0.05) is 22.6 Å². The lowest BCUT2D eigenvalue weighted by molar-refractivity contribution is -0.0190. The van der Waals surface area contributed by atoms with Crippen molar-refractivity contribution in [3.63, 3.8) is 0 Å². The van der Waals surface area contributed by atoms with E-state index < -0.39 is 0 Å². The lowest BCUT2D eigenvalue weighted by atomic mass is 9.96. The highest BCUT2D eigenvalue weighted by Gasteiger charge is 2.40. The van der Waals surface area contributed by atoms with Crippen LogP contribution in [0.1, 0.15) is 35.4 Å². The number of hydrogen-bond donors (Lipinski definition) is 0. The molecule has 0 unspecified atom stereocenters. The van der Waals surface area contributed by atoms with Gasteiger partial charge in [0.15, 0.2) is 0 Å². The molecule has 29 heavy (non-hydrogen) atoms. The smallest absolute Gasteiger partial charge is 0.213 e. The molecule has 4 nitrogen and oxygen atoms in total. The Labute approximate surface area is 182 Å². The van der Waals surface area contributed by atoms with Crippen LogP contribution in [-0.4, -0.2) is 17.8 Å². The molecule has 3 aromatic rings. The zero-order valence-corrected chi connectivity index (χ0v) is 18.0. The second-order valence-corrected chi connectivity index (χ2v) is 8.35. The molecule has 2 heterocycles. The van der Waals surface area contributed by atoms with Crippen molar-refractivity contribution in [1.29, 1.82) is 0 Å². The Balaban J connectivity index is 1.58. The van der Waals surface area contributed by atoms with E-state index in [0.717, 1.165) is 49.8 Å². The van der Waals surface area contributed by atoms with Gasteiger partial charge in [0.25, 0.3) is 0 Å². The van der Waals surface area contributed by atoms with Gasteiger partial charge in [0.1, 0.15) is 11.5 Å². The fraction of sp³-hybridized carbons (Fsp3) is 0.174. The van der Waals surface area contributed by atoms with Crippen LogP contribution in [0, 0.1) is 0 Å². The maximum atomic E-state index is 6.40. The van der Waals surface area contributed by atoms with Crippen LogP contribution in [0.3, 0.4) is 0 Å². The van der Waals surface area contributed by atoms with Crippen molar-refractivity contribution in [2.45, 2.75) is 18.7 Å². The average molecular weight is 470 g/mol. The number of nitrogens with zero attached hydrogens (tertiary/aromatic N) is 2. The van der Waals surface area contributed by atoms with Crippen LogP contribution in [0.15, 0.2) is 76.3 Å². The molecule has 2 aliphatic rings. The second kappa shape index (κ2) is 7.39. The van der Waals surface area contributed by atoms with Crippen LogP contribution in [0.25, 0.3) is 0 Å². The third-order valence-corrected chi connectivity index (χ3v) is 6.21. The number of hydrogen-bond acceptors (Lipinski definition) is 4. The zero-order valence-electron chi connectivity index (χ0n) is 15.7. The van der Waals surface area contributed by atoms with Crippen molar-refractivity contribution in [3.8, 4) is 11.5 Å². The molecule has 3 aromatic carbocycles. The van der Waals surface area contributed by atoms with E-state index in [2.05, 4.69) is 27.0 Å². The van der Waals surface area contributed by atoms with Gasteiger partial charge in [0.05, 0.1) is 23.3 Å². The maximum absolute atomic E-state index is 6.40. The number of para-hydroxylation sites is 1. The first kappa shape index (κ1) is 18.5. The van der Waals surface area contributed by atoms with Gasteiger partial charge in [-0.3, -0.25) is 0 Å². The van der Waals surface area contributed by atoms with E-state index >= 15 is 0 Å². The SMILES string of the molecule is COc1ccc([C@H]2Oc3ccccc3[C@@H]3CC(c4ccc(Cl)cc4)=NN23)cc1Br. The molecular weight excluding hydrogens is 452 g/mol. The van der Waals surface area contributed by atoms with E-state index in [4.69, 9.17) is 26.2 Å². The van der Waals surface area contributed by atoms with Gasteiger partial charge in [-0.05, 0) is 57.9 Å². The molecule has 0 spiro atoms. The van der Waals surface area contributed by atoms with Crippen molar-refractivity contribution < 1.29 is 9.47 Å². The summed E-state index contributed by atoms with van der Waals surface area (Å²) < 4.78 is 12.7. The number of rotatable bonds is 3. The number of benzene rings is 3. The van der Waals surface area contributed by atoms with Crippen molar-refractivity contribution in [3.05, 3.63) is 92.9 Å². The first-order chi connectivity index (χ1) is 14.1.